The van der Waals surface area contributed by atoms with Crippen LogP contribution in [0.4, 0.5) is 0 Å². The van der Waals surface area contributed by atoms with Crippen LogP contribution in [0.25, 0.3) is 5.69 Å². The normalized spacial score (nSPS) is 10.5. The highest BCUT2D eigenvalue weighted by Gasteiger charge is 2.09. The second-order valence-electron chi connectivity index (χ2n) is 4.77. The quantitative estimate of drug-likeness (QED) is 0.530. The molecule has 116 valence electrons. The Morgan fingerprint density at radius 1 is 1.17 bits per heavy atom. The Kier molecular flexibility index (Phi) is 4.39. The lowest BCUT2D eigenvalue weighted by atomic mass is 10.1. The van der Waals surface area contributed by atoms with Crippen LogP contribution in [0.15, 0.2) is 54.9 Å². The summed E-state index contributed by atoms with van der Waals surface area (Å²) in [6, 6.07) is 14.0. The fourth-order valence-corrected chi connectivity index (χ4v) is 2.07. The molecule has 0 unspecified atom stereocenters. The summed E-state index contributed by atoms with van der Waals surface area (Å²) >= 11 is 0. The van der Waals surface area contributed by atoms with E-state index < -0.39 is 5.97 Å². The van der Waals surface area contributed by atoms with Crippen LogP contribution >= 0.6 is 0 Å². The van der Waals surface area contributed by atoms with E-state index >= 15 is 0 Å². The number of rotatable bonds is 5. The molecule has 0 spiro atoms. The van der Waals surface area contributed by atoms with Gasteiger partial charge in [0.1, 0.15) is 12.1 Å². The van der Waals surface area contributed by atoms with Gasteiger partial charge in [-0.15, -0.1) is 5.10 Å². The predicted molar refractivity (Wildman–Crippen MR) is 81.3 cm³/mol. The lowest BCUT2D eigenvalue weighted by Gasteiger charge is -2.07. The maximum atomic E-state index is 12.2. The molecule has 1 aromatic heterocycles. The molecule has 7 heteroatoms. The van der Waals surface area contributed by atoms with Crippen molar-refractivity contribution in [2.75, 3.05) is 7.11 Å². The number of tetrazole rings is 1. The Balaban J connectivity index is 1.71. The van der Waals surface area contributed by atoms with Crippen LogP contribution in [0.2, 0.25) is 0 Å². The number of esters is 1. The third-order valence-electron chi connectivity index (χ3n) is 3.13. The van der Waals surface area contributed by atoms with Crippen LogP contribution in [0.5, 0.6) is 5.75 Å². The highest BCUT2D eigenvalue weighted by molar-refractivity contribution is 5.91. The zero-order valence-corrected chi connectivity index (χ0v) is 12.4. The summed E-state index contributed by atoms with van der Waals surface area (Å²) in [7, 11) is 1.61. The van der Waals surface area contributed by atoms with Crippen LogP contribution in [0.1, 0.15) is 15.9 Å². The molecule has 2 aromatic carbocycles. The first kappa shape index (κ1) is 14.9. The van der Waals surface area contributed by atoms with Gasteiger partial charge in [-0.25, -0.2) is 9.48 Å². The van der Waals surface area contributed by atoms with Crippen LogP contribution in [0, 0.1) is 0 Å². The average Bonchev–Trinajstić information content (AvgIpc) is 3.11. The van der Waals surface area contributed by atoms with Crippen molar-refractivity contribution < 1.29 is 14.3 Å². The van der Waals surface area contributed by atoms with Crippen molar-refractivity contribution in [2.24, 2.45) is 0 Å². The molecule has 3 aromatic rings. The van der Waals surface area contributed by atoms with Gasteiger partial charge in [0.2, 0.25) is 0 Å². The molecule has 23 heavy (non-hydrogen) atoms. The Morgan fingerprint density at radius 3 is 2.70 bits per heavy atom. The van der Waals surface area contributed by atoms with E-state index in [1.807, 2.05) is 6.07 Å². The fraction of sp³-hybridized carbons (Fsp3) is 0.125. The van der Waals surface area contributed by atoms with Crippen molar-refractivity contribution in [1.29, 1.82) is 0 Å². The molecule has 7 nitrogen and oxygen atoms in total. The second kappa shape index (κ2) is 6.80. The molecule has 0 aliphatic heterocycles. The average molecular weight is 310 g/mol. The molecule has 0 amide bonds. The monoisotopic (exact) mass is 310 g/mol. The van der Waals surface area contributed by atoms with Crippen LogP contribution in [-0.2, 0) is 11.3 Å². The van der Waals surface area contributed by atoms with Crippen LogP contribution in [0.3, 0.4) is 0 Å². The van der Waals surface area contributed by atoms with Gasteiger partial charge in [-0.2, -0.15) is 0 Å². The summed E-state index contributed by atoms with van der Waals surface area (Å²) in [5.41, 5.74) is 2.16. The molecule has 0 N–H and O–H groups in total. The van der Waals surface area contributed by atoms with Crippen molar-refractivity contribution >= 4 is 5.97 Å². The van der Waals surface area contributed by atoms with Gasteiger partial charge < -0.3 is 9.47 Å². The highest BCUT2D eigenvalue weighted by Crippen LogP contribution is 2.16. The van der Waals surface area contributed by atoms with E-state index in [9.17, 15) is 4.79 Å². The van der Waals surface area contributed by atoms with Gasteiger partial charge in [0.25, 0.3) is 0 Å². The number of ether oxygens (including phenoxy) is 2. The summed E-state index contributed by atoms with van der Waals surface area (Å²) in [5.74, 6) is 0.0297. The number of hydrogen-bond donors (Lipinski definition) is 0. The number of carbonyl (C=O) groups excluding carboxylic acids is 1. The minimum absolute atomic E-state index is 0.418. The molecular formula is C16H14N4O3. The van der Waals surface area contributed by atoms with E-state index in [1.54, 1.807) is 49.6 Å². The summed E-state index contributed by atoms with van der Waals surface area (Å²) < 4.78 is 11.9. The van der Waals surface area contributed by atoms with E-state index in [-0.39, 0.29) is 0 Å². The highest BCUT2D eigenvalue weighted by atomic mass is 16.5. The first-order chi connectivity index (χ1) is 11.3. The third kappa shape index (κ3) is 3.58. The van der Waals surface area contributed by atoms with E-state index in [2.05, 4.69) is 15.5 Å². The molecule has 1 heterocycles. The number of nitrogens with zero attached hydrogens (tertiary/aromatic N) is 4. The van der Waals surface area contributed by atoms with E-state index in [1.165, 1.54) is 11.0 Å². The van der Waals surface area contributed by atoms with Gasteiger partial charge >= 0.3 is 5.97 Å². The molecule has 0 atom stereocenters. The molecule has 3 rings (SSSR count). The lowest BCUT2D eigenvalue weighted by molar-refractivity contribution is 0.0734. The Morgan fingerprint density at radius 2 is 2.00 bits per heavy atom. The zero-order chi connectivity index (χ0) is 16.1. The Bertz CT molecular complexity index is 785. The smallest absolute Gasteiger partial charge is 0.343 e. The molecule has 0 bridgehead atoms. The topological polar surface area (TPSA) is 79.1 Å². The number of benzene rings is 2. The fourth-order valence-electron chi connectivity index (χ4n) is 2.07. The summed E-state index contributed by atoms with van der Waals surface area (Å²) in [4.78, 5) is 12.2. The van der Waals surface area contributed by atoms with Crippen molar-refractivity contribution in [2.45, 2.75) is 6.61 Å². The molecular weight excluding hydrogens is 296 g/mol. The predicted octanol–water partition coefficient (Wildman–Crippen LogP) is 2.03. The van der Waals surface area contributed by atoms with Crippen LogP contribution < -0.4 is 4.74 Å². The first-order valence-corrected chi connectivity index (χ1v) is 6.90. The Labute approximate surface area is 132 Å². The van der Waals surface area contributed by atoms with E-state index in [0.717, 1.165) is 11.3 Å². The van der Waals surface area contributed by atoms with Crippen molar-refractivity contribution in [1.82, 2.24) is 20.2 Å². The van der Waals surface area contributed by atoms with Gasteiger partial charge in [-0.3, -0.25) is 0 Å². The molecule has 0 radical (unpaired) electrons. The molecule has 0 fully saturated rings. The maximum Gasteiger partial charge on any atom is 0.343 e. The minimum atomic E-state index is -0.418. The molecule has 0 aliphatic carbocycles. The largest absolute Gasteiger partial charge is 0.423 e. The molecule has 0 aliphatic rings. The summed E-state index contributed by atoms with van der Waals surface area (Å²) in [6.45, 7) is 0.446. The van der Waals surface area contributed by atoms with Gasteiger partial charge in [0, 0.05) is 7.11 Å². The number of hydrogen-bond acceptors (Lipinski definition) is 6. The SMILES string of the molecule is COCc1cccc(C(=O)Oc2ccc(-n3cnnn3)cc2)c1. The van der Waals surface area contributed by atoms with E-state index in [0.29, 0.717) is 17.9 Å². The van der Waals surface area contributed by atoms with Gasteiger partial charge in [-0.1, -0.05) is 12.1 Å². The van der Waals surface area contributed by atoms with Gasteiger partial charge in [0.05, 0.1) is 17.9 Å². The third-order valence-corrected chi connectivity index (χ3v) is 3.13. The van der Waals surface area contributed by atoms with E-state index in [4.69, 9.17) is 9.47 Å². The zero-order valence-electron chi connectivity index (χ0n) is 12.4. The van der Waals surface area contributed by atoms with Crippen molar-refractivity contribution in [3.8, 4) is 11.4 Å². The van der Waals surface area contributed by atoms with Crippen LogP contribution in [-0.4, -0.2) is 33.3 Å². The standard InChI is InChI=1S/C16H14N4O3/c1-22-10-12-3-2-4-13(9-12)16(21)23-15-7-5-14(6-8-15)20-11-17-18-19-20/h2-9,11H,10H2,1H3. The van der Waals surface area contributed by atoms with Gasteiger partial charge in [-0.05, 0) is 52.4 Å². The first-order valence-electron chi connectivity index (χ1n) is 6.90. The number of carbonyl (C=O) groups is 1. The van der Waals surface area contributed by atoms with Crippen molar-refractivity contribution in [3.63, 3.8) is 0 Å². The molecule has 0 saturated carbocycles. The lowest BCUT2D eigenvalue weighted by Crippen LogP contribution is -2.09. The Hall–Kier alpha value is -3.06. The maximum absolute atomic E-state index is 12.2. The number of methoxy groups -OCH3 is 1. The van der Waals surface area contributed by atoms with Gasteiger partial charge in [0.15, 0.2) is 0 Å². The summed E-state index contributed by atoms with van der Waals surface area (Å²) in [5, 5.41) is 10.9. The second-order valence-corrected chi connectivity index (χ2v) is 4.77. The van der Waals surface area contributed by atoms with Crippen molar-refractivity contribution in [3.05, 3.63) is 66.0 Å². The number of aromatic nitrogens is 4. The molecule has 0 saturated heterocycles. The minimum Gasteiger partial charge on any atom is -0.423 e. The summed E-state index contributed by atoms with van der Waals surface area (Å²) in [6.07, 6.45) is 1.49.